The van der Waals surface area contributed by atoms with E-state index in [0.717, 1.165) is 35.0 Å². The van der Waals surface area contributed by atoms with Crippen LogP contribution in [0.2, 0.25) is 0 Å². The number of amides is 1. The summed E-state index contributed by atoms with van der Waals surface area (Å²) in [7, 11) is 0. The van der Waals surface area contributed by atoms with Crippen LogP contribution in [0.1, 0.15) is 41.7 Å². The third-order valence-electron chi connectivity index (χ3n) is 4.80. The second kappa shape index (κ2) is 7.66. The molecule has 138 valence electrons. The number of carbonyl (C=O) groups excluding carboxylic acids is 1. The van der Waals surface area contributed by atoms with Gasteiger partial charge in [0.1, 0.15) is 0 Å². The molecule has 1 unspecified atom stereocenters. The Hall–Kier alpha value is -3.08. The number of unbranched alkanes of at least 4 members (excludes halogenated alkanes) is 1. The van der Waals surface area contributed by atoms with Crippen molar-refractivity contribution in [2.75, 3.05) is 18.5 Å². The van der Waals surface area contributed by atoms with Gasteiger partial charge in [-0.25, -0.2) is 4.98 Å². The van der Waals surface area contributed by atoms with Crippen molar-refractivity contribution in [3.8, 4) is 5.88 Å². The molecular weight excluding hydrogens is 338 g/mol. The Labute approximate surface area is 158 Å². The number of fused-ring (bicyclic) bond motifs is 2. The summed E-state index contributed by atoms with van der Waals surface area (Å²) >= 11 is 0. The minimum Gasteiger partial charge on any atom is -0.477 e. The lowest BCUT2D eigenvalue weighted by molar-refractivity contribution is 0.0955. The Kier molecular flexibility index (Phi) is 4.92. The van der Waals surface area contributed by atoms with Crippen molar-refractivity contribution in [1.82, 2.24) is 10.3 Å². The summed E-state index contributed by atoms with van der Waals surface area (Å²) in [6, 6.07) is 17.6. The fraction of sp³-hybridized carbons (Fsp3) is 0.273. The maximum Gasteiger partial charge on any atom is 0.253 e. The van der Waals surface area contributed by atoms with Crippen molar-refractivity contribution in [2.45, 2.75) is 25.8 Å². The van der Waals surface area contributed by atoms with E-state index >= 15 is 0 Å². The van der Waals surface area contributed by atoms with E-state index in [1.165, 1.54) is 0 Å². The van der Waals surface area contributed by atoms with E-state index in [2.05, 4.69) is 23.6 Å². The molecule has 0 spiro atoms. The van der Waals surface area contributed by atoms with E-state index in [1.54, 1.807) is 0 Å². The molecule has 0 saturated carbocycles. The summed E-state index contributed by atoms with van der Waals surface area (Å²) in [6.07, 6.45) is 2.04. The Bertz CT molecular complexity index is 971. The maximum atomic E-state index is 12.4. The highest BCUT2D eigenvalue weighted by Crippen LogP contribution is 2.32. The second-order valence-electron chi connectivity index (χ2n) is 6.73. The van der Waals surface area contributed by atoms with Crippen molar-refractivity contribution < 1.29 is 9.53 Å². The maximum absolute atomic E-state index is 12.4. The fourth-order valence-electron chi connectivity index (χ4n) is 3.32. The molecule has 4 rings (SSSR count). The first-order valence-corrected chi connectivity index (χ1v) is 9.42. The van der Waals surface area contributed by atoms with Crippen LogP contribution in [-0.4, -0.2) is 24.0 Å². The highest BCUT2D eigenvalue weighted by atomic mass is 16.5. The molecule has 1 aliphatic rings. The number of rotatable bonds is 5. The minimum absolute atomic E-state index is 0.0669. The lowest BCUT2D eigenvalue weighted by Gasteiger charge is -2.21. The van der Waals surface area contributed by atoms with Gasteiger partial charge in [0, 0.05) is 23.2 Å². The molecule has 1 amide bonds. The average molecular weight is 361 g/mol. The molecule has 1 aliphatic heterocycles. The van der Waals surface area contributed by atoms with Crippen molar-refractivity contribution in [3.63, 3.8) is 0 Å². The number of para-hydroxylation sites is 2. The highest BCUT2D eigenvalue weighted by Gasteiger charge is 2.25. The Morgan fingerprint density at radius 1 is 1.15 bits per heavy atom. The first-order chi connectivity index (χ1) is 13.3. The molecule has 2 heterocycles. The first kappa shape index (κ1) is 17.3. The number of carbonyl (C=O) groups is 1. The summed E-state index contributed by atoms with van der Waals surface area (Å²) in [5.74, 6) is 0.566. The van der Waals surface area contributed by atoms with Gasteiger partial charge in [0.2, 0.25) is 5.88 Å². The molecule has 1 atom stereocenters. The normalized spacial score (nSPS) is 16.2. The van der Waals surface area contributed by atoms with E-state index in [0.29, 0.717) is 24.6 Å². The van der Waals surface area contributed by atoms with Gasteiger partial charge < -0.3 is 15.4 Å². The Morgan fingerprint density at radius 2 is 1.96 bits per heavy atom. The summed E-state index contributed by atoms with van der Waals surface area (Å²) in [6.45, 7) is 3.24. The number of aromatic nitrogens is 1. The molecule has 5 nitrogen and oxygen atoms in total. The van der Waals surface area contributed by atoms with Gasteiger partial charge in [-0.1, -0.05) is 43.7 Å². The van der Waals surface area contributed by atoms with Crippen molar-refractivity contribution in [1.29, 1.82) is 0 Å². The third-order valence-corrected chi connectivity index (χ3v) is 4.80. The van der Waals surface area contributed by atoms with Crippen LogP contribution in [0.4, 0.5) is 5.69 Å². The molecular formula is C22H23N3O2. The van der Waals surface area contributed by atoms with Crippen molar-refractivity contribution in [2.24, 2.45) is 0 Å². The molecule has 0 radical (unpaired) electrons. The van der Waals surface area contributed by atoms with Gasteiger partial charge >= 0.3 is 0 Å². The van der Waals surface area contributed by atoms with Crippen molar-refractivity contribution >= 4 is 22.5 Å². The van der Waals surface area contributed by atoms with Crippen LogP contribution in [0.5, 0.6) is 5.88 Å². The van der Waals surface area contributed by atoms with Crippen LogP contribution in [0.25, 0.3) is 10.9 Å². The van der Waals surface area contributed by atoms with Crippen LogP contribution in [0.3, 0.4) is 0 Å². The van der Waals surface area contributed by atoms with Gasteiger partial charge in [0.15, 0.2) is 0 Å². The molecule has 0 bridgehead atoms. The van der Waals surface area contributed by atoms with Crippen LogP contribution in [0, 0.1) is 0 Å². The molecule has 0 aliphatic carbocycles. The number of hydrogen-bond acceptors (Lipinski definition) is 4. The number of benzene rings is 2. The van der Waals surface area contributed by atoms with E-state index < -0.39 is 0 Å². The van der Waals surface area contributed by atoms with Crippen LogP contribution >= 0.6 is 0 Å². The summed E-state index contributed by atoms with van der Waals surface area (Å²) in [4.78, 5) is 17.1. The number of nitrogens with zero attached hydrogens (tertiary/aromatic N) is 1. The molecule has 2 aromatic carbocycles. The smallest absolute Gasteiger partial charge is 0.253 e. The molecule has 5 heteroatoms. The van der Waals surface area contributed by atoms with Gasteiger partial charge in [-0.15, -0.1) is 0 Å². The number of hydrogen-bond donors (Lipinski definition) is 2. The molecule has 0 fully saturated rings. The summed E-state index contributed by atoms with van der Waals surface area (Å²) in [5.41, 5.74) is 3.35. The largest absolute Gasteiger partial charge is 0.477 e. The zero-order valence-corrected chi connectivity index (χ0v) is 15.4. The SMILES string of the molecule is CCCCOc1nc2ccccc2cc1C1CNC(=O)c2ccccc2N1. The van der Waals surface area contributed by atoms with Crippen molar-refractivity contribution in [3.05, 3.63) is 65.7 Å². The van der Waals surface area contributed by atoms with Gasteiger partial charge in [-0.2, -0.15) is 0 Å². The van der Waals surface area contributed by atoms with Gasteiger partial charge in [-0.3, -0.25) is 4.79 Å². The molecule has 27 heavy (non-hydrogen) atoms. The summed E-state index contributed by atoms with van der Waals surface area (Å²) < 4.78 is 6.03. The van der Waals surface area contributed by atoms with Gasteiger partial charge in [0.05, 0.1) is 23.7 Å². The Morgan fingerprint density at radius 3 is 2.85 bits per heavy atom. The molecule has 1 aromatic heterocycles. The van der Waals surface area contributed by atoms with Crippen LogP contribution in [0.15, 0.2) is 54.6 Å². The number of ether oxygens (including phenoxy) is 1. The van der Waals surface area contributed by atoms with Gasteiger partial charge in [-0.05, 0) is 30.7 Å². The van der Waals surface area contributed by atoms with Crippen LogP contribution < -0.4 is 15.4 Å². The quantitative estimate of drug-likeness (QED) is 0.665. The number of nitrogens with one attached hydrogen (secondary N) is 2. The third kappa shape index (κ3) is 3.58. The lowest BCUT2D eigenvalue weighted by atomic mass is 10.0. The van der Waals surface area contributed by atoms with Gasteiger partial charge in [0.25, 0.3) is 5.91 Å². The van der Waals surface area contributed by atoms with E-state index in [1.807, 2.05) is 48.5 Å². The monoisotopic (exact) mass is 361 g/mol. The molecule has 0 saturated heterocycles. The zero-order chi connectivity index (χ0) is 18.6. The lowest BCUT2D eigenvalue weighted by Crippen LogP contribution is -2.28. The second-order valence-corrected chi connectivity index (χ2v) is 6.73. The highest BCUT2D eigenvalue weighted by molar-refractivity contribution is 6.00. The fourth-order valence-corrected chi connectivity index (χ4v) is 3.32. The average Bonchev–Trinajstić information content (AvgIpc) is 2.87. The standard InChI is InChI=1S/C22H23N3O2/c1-2-3-12-27-22-17(13-15-8-4-6-10-18(15)25-22)20-14-23-21(26)16-9-5-7-11-19(16)24-20/h4-11,13,20,24H,2-3,12,14H2,1H3,(H,23,26). The van der Waals surface area contributed by atoms with E-state index in [9.17, 15) is 4.79 Å². The topological polar surface area (TPSA) is 63.2 Å². The van der Waals surface area contributed by atoms with E-state index in [4.69, 9.17) is 9.72 Å². The number of anilines is 1. The molecule has 3 aromatic rings. The summed E-state index contributed by atoms with van der Waals surface area (Å²) in [5, 5.41) is 7.56. The zero-order valence-electron chi connectivity index (χ0n) is 15.4. The molecule has 2 N–H and O–H groups in total. The predicted molar refractivity (Wildman–Crippen MR) is 107 cm³/mol. The predicted octanol–water partition coefficient (Wildman–Crippen LogP) is 4.31. The van der Waals surface area contributed by atoms with E-state index in [-0.39, 0.29) is 11.9 Å². The minimum atomic E-state index is -0.119. The first-order valence-electron chi connectivity index (χ1n) is 9.42. The number of pyridine rings is 1. The Balaban J connectivity index is 1.75. The van der Waals surface area contributed by atoms with Crippen LogP contribution in [-0.2, 0) is 0 Å².